The molecule has 0 saturated carbocycles. The molecule has 0 atom stereocenters. The van der Waals surface area contributed by atoms with Crippen LogP contribution < -0.4 is 4.74 Å². The van der Waals surface area contributed by atoms with Crippen LogP contribution in [0.3, 0.4) is 0 Å². The number of nitrogens with zero attached hydrogens (tertiary/aromatic N) is 3. The number of hydrogen-bond acceptors (Lipinski definition) is 5. The number of methoxy groups -OCH3 is 1. The van der Waals surface area contributed by atoms with Crippen molar-refractivity contribution in [1.29, 1.82) is 0 Å². The number of amides is 2. The standard InChI is InChI=1S/C21H29N3O3/c1-4-5-6-11-24-20(25)18(16-7-9-17(27-3)10-8-16)19(21(24)26)23-14-12-22(2)13-15-23/h7-10H,4-6,11-15H2,1-3H3. The monoisotopic (exact) mass is 371 g/mol. The molecule has 2 aliphatic rings. The fourth-order valence-electron chi connectivity index (χ4n) is 3.63. The third kappa shape index (κ3) is 4.00. The number of benzene rings is 1. The lowest BCUT2D eigenvalue weighted by atomic mass is 10.0. The molecule has 0 aromatic heterocycles. The Bertz CT molecular complexity index is 719. The Kier molecular flexibility index (Phi) is 6.16. The van der Waals surface area contributed by atoms with Gasteiger partial charge in [0.1, 0.15) is 11.4 Å². The van der Waals surface area contributed by atoms with Crippen LogP contribution in [-0.4, -0.2) is 73.4 Å². The van der Waals surface area contributed by atoms with E-state index in [0.29, 0.717) is 17.8 Å². The van der Waals surface area contributed by atoms with Crippen molar-refractivity contribution in [2.75, 3.05) is 46.9 Å². The van der Waals surface area contributed by atoms with Gasteiger partial charge in [0.25, 0.3) is 11.8 Å². The summed E-state index contributed by atoms with van der Waals surface area (Å²) in [6.07, 6.45) is 2.92. The molecule has 2 amide bonds. The van der Waals surface area contributed by atoms with Crippen LogP contribution in [-0.2, 0) is 9.59 Å². The number of hydrogen-bond donors (Lipinski definition) is 0. The molecule has 0 radical (unpaired) electrons. The summed E-state index contributed by atoms with van der Waals surface area (Å²) in [6, 6.07) is 7.40. The summed E-state index contributed by atoms with van der Waals surface area (Å²) in [7, 11) is 3.69. The summed E-state index contributed by atoms with van der Waals surface area (Å²) in [4.78, 5) is 32.1. The van der Waals surface area contributed by atoms with E-state index in [1.165, 1.54) is 4.90 Å². The van der Waals surface area contributed by atoms with Crippen LogP contribution in [0.1, 0.15) is 31.7 Å². The molecule has 1 fully saturated rings. The number of carbonyl (C=O) groups is 2. The summed E-state index contributed by atoms with van der Waals surface area (Å²) in [6.45, 7) is 5.89. The Morgan fingerprint density at radius 2 is 1.63 bits per heavy atom. The smallest absolute Gasteiger partial charge is 0.277 e. The minimum Gasteiger partial charge on any atom is -0.497 e. The van der Waals surface area contributed by atoms with Crippen LogP contribution in [0.5, 0.6) is 5.75 Å². The Balaban J connectivity index is 1.95. The second-order valence-corrected chi connectivity index (χ2v) is 7.21. The highest BCUT2D eigenvalue weighted by molar-refractivity contribution is 6.35. The predicted octanol–water partition coefficient (Wildman–Crippen LogP) is 2.21. The second-order valence-electron chi connectivity index (χ2n) is 7.21. The van der Waals surface area contributed by atoms with Crippen LogP contribution in [0.2, 0.25) is 0 Å². The maximum atomic E-state index is 13.2. The van der Waals surface area contributed by atoms with E-state index in [2.05, 4.69) is 23.8 Å². The largest absolute Gasteiger partial charge is 0.497 e. The Morgan fingerprint density at radius 1 is 0.963 bits per heavy atom. The van der Waals surface area contributed by atoms with Gasteiger partial charge in [-0.1, -0.05) is 31.9 Å². The van der Waals surface area contributed by atoms with E-state index in [0.717, 1.165) is 56.8 Å². The molecule has 27 heavy (non-hydrogen) atoms. The van der Waals surface area contributed by atoms with E-state index < -0.39 is 0 Å². The fourth-order valence-corrected chi connectivity index (χ4v) is 3.63. The molecule has 0 N–H and O–H groups in total. The van der Waals surface area contributed by atoms with Crippen LogP contribution in [0.15, 0.2) is 30.0 Å². The average molecular weight is 371 g/mol. The topological polar surface area (TPSA) is 53.1 Å². The summed E-state index contributed by atoms with van der Waals surface area (Å²) < 4.78 is 5.23. The van der Waals surface area contributed by atoms with Crippen molar-refractivity contribution in [2.45, 2.75) is 26.2 Å². The maximum absolute atomic E-state index is 13.2. The normalized spacial score (nSPS) is 18.6. The first-order valence-electron chi connectivity index (χ1n) is 9.75. The van der Waals surface area contributed by atoms with E-state index in [1.54, 1.807) is 7.11 Å². The van der Waals surface area contributed by atoms with Gasteiger partial charge in [-0.05, 0) is 31.2 Å². The summed E-state index contributed by atoms with van der Waals surface area (Å²) in [5, 5.41) is 0. The molecule has 1 aromatic carbocycles. The molecule has 3 rings (SSSR count). The first kappa shape index (κ1) is 19.4. The number of carbonyl (C=O) groups excluding carboxylic acids is 2. The van der Waals surface area contributed by atoms with Crippen LogP contribution in [0, 0.1) is 0 Å². The lowest BCUT2D eigenvalue weighted by Gasteiger charge is -2.34. The third-order valence-corrected chi connectivity index (χ3v) is 5.33. The Morgan fingerprint density at radius 3 is 2.22 bits per heavy atom. The van der Waals surface area contributed by atoms with Gasteiger partial charge in [0.15, 0.2) is 0 Å². The van der Waals surface area contributed by atoms with E-state index in [4.69, 9.17) is 4.74 Å². The van der Waals surface area contributed by atoms with Gasteiger partial charge in [0.2, 0.25) is 0 Å². The van der Waals surface area contributed by atoms with Crippen LogP contribution >= 0.6 is 0 Å². The van der Waals surface area contributed by atoms with Crippen LogP contribution in [0.25, 0.3) is 5.57 Å². The first-order valence-corrected chi connectivity index (χ1v) is 9.75. The van der Waals surface area contributed by atoms with Gasteiger partial charge in [0.05, 0.1) is 12.7 Å². The SMILES string of the molecule is CCCCCN1C(=O)C(c2ccc(OC)cc2)=C(N2CCN(C)CC2)C1=O. The molecule has 146 valence electrons. The Hall–Kier alpha value is -2.34. The average Bonchev–Trinajstić information content (AvgIpc) is 2.93. The highest BCUT2D eigenvalue weighted by atomic mass is 16.5. The van der Waals surface area contributed by atoms with Crippen molar-refractivity contribution in [1.82, 2.24) is 14.7 Å². The third-order valence-electron chi connectivity index (χ3n) is 5.33. The zero-order valence-corrected chi connectivity index (χ0v) is 16.5. The minimum atomic E-state index is -0.171. The molecule has 6 heteroatoms. The molecule has 1 aromatic rings. The molecule has 6 nitrogen and oxygen atoms in total. The number of unbranched alkanes of at least 4 members (excludes halogenated alkanes) is 2. The first-order chi connectivity index (χ1) is 13.1. The number of ether oxygens (including phenoxy) is 1. The molecule has 2 aliphatic heterocycles. The zero-order chi connectivity index (χ0) is 19.4. The number of likely N-dealkylation sites (N-methyl/N-ethyl adjacent to an activating group) is 1. The van der Waals surface area contributed by atoms with E-state index >= 15 is 0 Å². The highest BCUT2D eigenvalue weighted by Crippen LogP contribution is 2.33. The minimum absolute atomic E-state index is 0.147. The van der Waals surface area contributed by atoms with E-state index in [1.807, 2.05) is 24.3 Å². The molecule has 0 aliphatic carbocycles. The number of piperazine rings is 1. The lowest BCUT2D eigenvalue weighted by Crippen LogP contribution is -2.46. The van der Waals surface area contributed by atoms with Crippen LogP contribution in [0.4, 0.5) is 0 Å². The molecular weight excluding hydrogens is 342 g/mol. The van der Waals surface area contributed by atoms with E-state index in [9.17, 15) is 9.59 Å². The van der Waals surface area contributed by atoms with Gasteiger partial charge >= 0.3 is 0 Å². The summed E-state index contributed by atoms with van der Waals surface area (Å²) >= 11 is 0. The molecule has 1 saturated heterocycles. The molecule has 0 spiro atoms. The fraction of sp³-hybridized carbons (Fsp3) is 0.524. The lowest BCUT2D eigenvalue weighted by molar-refractivity contribution is -0.137. The van der Waals surface area contributed by atoms with Crippen molar-refractivity contribution in [2.24, 2.45) is 0 Å². The molecule has 0 unspecified atom stereocenters. The Labute approximate surface area is 161 Å². The molecular formula is C21H29N3O3. The van der Waals surface area contributed by atoms with Gasteiger partial charge in [-0.2, -0.15) is 0 Å². The molecule has 0 bridgehead atoms. The second kappa shape index (κ2) is 8.57. The highest BCUT2D eigenvalue weighted by Gasteiger charge is 2.41. The van der Waals surface area contributed by atoms with Gasteiger partial charge in [-0.15, -0.1) is 0 Å². The van der Waals surface area contributed by atoms with Crippen molar-refractivity contribution < 1.29 is 14.3 Å². The summed E-state index contributed by atoms with van der Waals surface area (Å²) in [5.41, 5.74) is 1.87. The van der Waals surface area contributed by atoms with Crippen molar-refractivity contribution in [3.05, 3.63) is 35.5 Å². The quantitative estimate of drug-likeness (QED) is 0.543. The zero-order valence-electron chi connectivity index (χ0n) is 16.5. The van der Waals surface area contributed by atoms with Crippen molar-refractivity contribution in [3.8, 4) is 5.75 Å². The van der Waals surface area contributed by atoms with Gasteiger partial charge < -0.3 is 14.5 Å². The van der Waals surface area contributed by atoms with Gasteiger partial charge in [0, 0.05) is 32.7 Å². The predicted molar refractivity (Wildman–Crippen MR) is 105 cm³/mol. The van der Waals surface area contributed by atoms with E-state index in [-0.39, 0.29) is 11.8 Å². The number of rotatable bonds is 7. The van der Waals surface area contributed by atoms with Gasteiger partial charge in [-0.3, -0.25) is 14.5 Å². The number of imide groups is 1. The van der Waals surface area contributed by atoms with Crippen molar-refractivity contribution >= 4 is 17.4 Å². The maximum Gasteiger partial charge on any atom is 0.277 e. The summed E-state index contributed by atoms with van der Waals surface area (Å²) in [5.74, 6) is 0.416. The van der Waals surface area contributed by atoms with Gasteiger partial charge in [-0.25, -0.2) is 0 Å². The van der Waals surface area contributed by atoms with Crippen molar-refractivity contribution in [3.63, 3.8) is 0 Å². The molecule has 2 heterocycles.